The van der Waals surface area contributed by atoms with Gasteiger partial charge in [0.25, 0.3) is 5.91 Å². The quantitative estimate of drug-likeness (QED) is 0.913. The fraction of sp³-hybridized carbons (Fsp3) is 0.455. The SMILES string of the molecule is Cc1ccnc(C)c1C(=O)NC(c1ccccc1)C12CCC(CC1)N2C. The van der Waals surface area contributed by atoms with Crippen LogP contribution in [0.4, 0.5) is 0 Å². The van der Waals surface area contributed by atoms with Crippen LogP contribution in [0.5, 0.6) is 0 Å². The zero-order valence-corrected chi connectivity index (χ0v) is 15.8. The number of pyridine rings is 1. The molecule has 1 unspecified atom stereocenters. The molecule has 1 aromatic carbocycles. The normalized spacial score (nSPS) is 26.0. The molecular weight excluding hydrogens is 322 g/mol. The number of benzene rings is 1. The van der Waals surface area contributed by atoms with Gasteiger partial charge in [0.1, 0.15) is 0 Å². The number of hydrogen-bond donors (Lipinski definition) is 1. The summed E-state index contributed by atoms with van der Waals surface area (Å²) in [7, 11) is 2.23. The van der Waals surface area contributed by atoms with E-state index in [2.05, 4.69) is 46.5 Å². The molecular formula is C22H27N3O. The van der Waals surface area contributed by atoms with E-state index in [1.54, 1.807) is 6.20 Å². The van der Waals surface area contributed by atoms with E-state index in [0.717, 1.165) is 24.1 Å². The lowest BCUT2D eigenvalue weighted by atomic mass is 9.78. The summed E-state index contributed by atoms with van der Waals surface area (Å²) in [4.78, 5) is 20.1. The molecule has 4 heteroatoms. The Labute approximate surface area is 155 Å². The van der Waals surface area contributed by atoms with Gasteiger partial charge in [0.2, 0.25) is 0 Å². The van der Waals surface area contributed by atoms with E-state index >= 15 is 0 Å². The molecule has 2 aromatic rings. The highest BCUT2D eigenvalue weighted by Gasteiger charge is 2.54. The number of fused-ring (bicyclic) bond motifs is 2. The van der Waals surface area contributed by atoms with Gasteiger partial charge in [-0.3, -0.25) is 14.7 Å². The maximum Gasteiger partial charge on any atom is 0.253 e. The van der Waals surface area contributed by atoms with Crippen LogP contribution in [-0.4, -0.2) is 34.4 Å². The standard InChI is InChI=1S/C22H27N3O/c1-15-11-14-23-16(2)19(15)21(26)24-20(17-7-5-4-6-8-17)22-12-9-18(10-13-22)25(22)3/h4-8,11,14,18,20H,9-10,12-13H2,1-3H3,(H,24,26). The van der Waals surface area contributed by atoms with Gasteiger partial charge >= 0.3 is 0 Å². The van der Waals surface area contributed by atoms with Crippen molar-refractivity contribution in [1.29, 1.82) is 0 Å². The molecule has 136 valence electrons. The summed E-state index contributed by atoms with van der Waals surface area (Å²) in [6, 6.07) is 13.0. The van der Waals surface area contributed by atoms with Crippen LogP contribution in [0, 0.1) is 13.8 Å². The Hall–Kier alpha value is -2.20. The summed E-state index contributed by atoms with van der Waals surface area (Å²) in [5.74, 6) is -0.0138. The monoisotopic (exact) mass is 349 g/mol. The average Bonchev–Trinajstić information content (AvgIpc) is 3.13. The fourth-order valence-corrected chi connectivity index (χ4v) is 5.11. The van der Waals surface area contributed by atoms with E-state index in [9.17, 15) is 4.79 Å². The molecule has 2 aliphatic heterocycles. The molecule has 0 radical (unpaired) electrons. The first kappa shape index (κ1) is 17.2. The van der Waals surface area contributed by atoms with Crippen molar-refractivity contribution in [2.75, 3.05) is 7.05 Å². The number of aryl methyl sites for hydroxylation is 2. The van der Waals surface area contributed by atoms with Gasteiger partial charge in [0.05, 0.1) is 17.3 Å². The summed E-state index contributed by atoms with van der Waals surface area (Å²) < 4.78 is 0. The Bertz CT molecular complexity index is 789. The third-order valence-electron chi connectivity index (χ3n) is 6.59. The van der Waals surface area contributed by atoms with Gasteiger partial charge in [0.15, 0.2) is 0 Å². The van der Waals surface area contributed by atoms with Gasteiger partial charge in [-0.2, -0.15) is 0 Å². The highest BCUT2D eigenvalue weighted by Crippen LogP contribution is 2.51. The van der Waals surface area contributed by atoms with Crippen LogP contribution in [0.25, 0.3) is 0 Å². The lowest BCUT2D eigenvalue weighted by Crippen LogP contribution is -2.51. The number of aromatic nitrogens is 1. The number of carbonyl (C=O) groups excluding carboxylic acids is 1. The van der Waals surface area contributed by atoms with Gasteiger partial charge < -0.3 is 5.32 Å². The summed E-state index contributed by atoms with van der Waals surface area (Å²) >= 11 is 0. The van der Waals surface area contributed by atoms with E-state index in [1.807, 2.05) is 26.0 Å². The molecule has 2 fully saturated rings. The van der Waals surface area contributed by atoms with Gasteiger partial charge in [-0.05, 0) is 63.8 Å². The molecule has 0 saturated carbocycles. The first-order valence-corrected chi connectivity index (χ1v) is 9.54. The Morgan fingerprint density at radius 2 is 1.88 bits per heavy atom. The van der Waals surface area contributed by atoms with E-state index < -0.39 is 0 Å². The molecule has 0 spiro atoms. The third kappa shape index (κ3) is 2.64. The van der Waals surface area contributed by atoms with Crippen LogP contribution in [0.3, 0.4) is 0 Å². The molecule has 3 heterocycles. The van der Waals surface area contributed by atoms with E-state index in [-0.39, 0.29) is 17.5 Å². The molecule has 4 rings (SSSR count). The number of likely N-dealkylation sites (N-methyl/N-ethyl adjacent to an activating group) is 1. The molecule has 4 nitrogen and oxygen atoms in total. The van der Waals surface area contributed by atoms with Crippen LogP contribution in [0.1, 0.15) is 58.9 Å². The molecule has 26 heavy (non-hydrogen) atoms. The van der Waals surface area contributed by atoms with Crippen LogP contribution < -0.4 is 5.32 Å². The zero-order valence-electron chi connectivity index (χ0n) is 15.8. The van der Waals surface area contributed by atoms with Crippen molar-refractivity contribution in [1.82, 2.24) is 15.2 Å². The fourth-order valence-electron chi connectivity index (χ4n) is 5.11. The molecule has 1 N–H and O–H groups in total. The summed E-state index contributed by atoms with van der Waals surface area (Å²) in [6.45, 7) is 3.89. The van der Waals surface area contributed by atoms with Crippen molar-refractivity contribution >= 4 is 5.91 Å². The number of carbonyl (C=O) groups is 1. The number of amides is 1. The Morgan fingerprint density at radius 1 is 1.19 bits per heavy atom. The Kier molecular flexibility index (Phi) is 4.31. The summed E-state index contributed by atoms with van der Waals surface area (Å²) in [5, 5.41) is 3.40. The molecule has 2 saturated heterocycles. The third-order valence-corrected chi connectivity index (χ3v) is 6.59. The van der Waals surface area contributed by atoms with Gasteiger partial charge in [-0.1, -0.05) is 30.3 Å². The maximum absolute atomic E-state index is 13.2. The van der Waals surface area contributed by atoms with Gasteiger partial charge in [0, 0.05) is 17.8 Å². The van der Waals surface area contributed by atoms with Crippen LogP contribution in [-0.2, 0) is 0 Å². The lowest BCUT2D eigenvalue weighted by Gasteiger charge is -2.41. The number of nitrogens with zero attached hydrogens (tertiary/aromatic N) is 2. The predicted octanol–water partition coefficient (Wildman–Crippen LogP) is 3.80. The second-order valence-corrected chi connectivity index (χ2v) is 7.85. The molecule has 2 bridgehead atoms. The van der Waals surface area contributed by atoms with Crippen molar-refractivity contribution in [3.05, 3.63) is 65.0 Å². The average molecular weight is 349 g/mol. The Balaban J connectivity index is 1.72. The first-order chi connectivity index (χ1) is 12.5. The van der Waals surface area contributed by atoms with Crippen molar-refractivity contribution in [3.8, 4) is 0 Å². The molecule has 1 aromatic heterocycles. The topological polar surface area (TPSA) is 45.2 Å². The van der Waals surface area contributed by atoms with Crippen LogP contribution >= 0.6 is 0 Å². The summed E-state index contributed by atoms with van der Waals surface area (Å²) in [6.07, 6.45) is 6.49. The first-order valence-electron chi connectivity index (χ1n) is 9.54. The highest BCUT2D eigenvalue weighted by atomic mass is 16.1. The molecule has 1 amide bonds. The van der Waals surface area contributed by atoms with E-state index in [1.165, 1.54) is 18.4 Å². The van der Waals surface area contributed by atoms with E-state index in [0.29, 0.717) is 11.6 Å². The smallest absolute Gasteiger partial charge is 0.253 e. The number of rotatable bonds is 4. The Morgan fingerprint density at radius 3 is 2.46 bits per heavy atom. The van der Waals surface area contributed by atoms with Crippen LogP contribution in [0.15, 0.2) is 42.6 Å². The highest BCUT2D eigenvalue weighted by molar-refractivity contribution is 5.97. The van der Waals surface area contributed by atoms with Crippen molar-refractivity contribution in [3.63, 3.8) is 0 Å². The number of nitrogens with one attached hydrogen (secondary N) is 1. The van der Waals surface area contributed by atoms with Gasteiger partial charge in [-0.15, -0.1) is 0 Å². The summed E-state index contributed by atoms with van der Waals surface area (Å²) in [5.41, 5.74) is 3.68. The zero-order chi connectivity index (χ0) is 18.3. The predicted molar refractivity (Wildman–Crippen MR) is 103 cm³/mol. The van der Waals surface area contributed by atoms with E-state index in [4.69, 9.17) is 0 Å². The molecule has 2 aliphatic rings. The van der Waals surface area contributed by atoms with Gasteiger partial charge in [-0.25, -0.2) is 0 Å². The van der Waals surface area contributed by atoms with Crippen molar-refractivity contribution in [2.45, 2.75) is 57.2 Å². The van der Waals surface area contributed by atoms with Crippen molar-refractivity contribution < 1.29 is 4.79 Å². The second kappa shape index (κ2) is 6.51. The van der Waals surface area contributed by atoms with Crippen molar-refractivity contribution in [2.24, 2.45) is 0 Å². The lowest BCUT2D eigenvalue weighted by molar-refractivity contribution is 0.0836. The minimum absolute atomic E-state index is 0.00675. The largest absolute Gasteiger partial charge is 0.343 e. The van der Waals surface area contributed by atoms with Crippen LogP contribution in [0.2, 0.25) is 0 Å². The minimum atomic E-state index is -0.0138. The minimum Gasteiger partial charge on any atom is -0.343 e. The number of hydrogen-bond acceptors (Lipinski definition) is 3. The second-order valence-electron chi connectivity index (χ2n) is 7.85. The molecule has 0 aliphatic carbocycles. The maximum atomic E-state index is 13.2. The molecule has 1 atom stereocenters.